The molecule has 6 nitrogen and oxygen atoms in total. The van der Waals surface area contributed by atoms with Crippen molar-refractivity contribution in [1.82, 2.24) is 4.98 Å². The Morgan fingerprint density at radius 3 is 2.87 bits per heavy atom. The third-order valence-electron chi connectivity index (χ3n) is 5.01. The van der Waals surface area contributed by atoms with Crippen LogP contribution >= 0.6 is 0 Å². The molecule has 0 bridgehead atoms. The van der Waals surface area contributed by atoms with Gasteiger partial charge in [0.2, 0.25) is 0 Å². The average molecular weight is 408 g/mol. The van der Waals surface area contributed by atoms with Crippen LogP contribution in [-0.2, 0) is 16.1 Å². The summed E-state index contributed by atoms with van der Waals surface area (Å²) in [5.41, 5.74) is 5.17. The Kier molecular flexibility index (Phi) is 8.01. The van der Waals surface area contributed by atoms with Crippen LogP contribution in [0.15, 0.2) is 53.5 Å². The van der Waals surface area contributed by atoms with E-state index in [1.54, 1.807) is 6.20 Å². The molecule has 0 saturated heterocycles. The number of carboxylic acid groups (broad SMARTS) is 1. The molecule has 1 aliphatic carbocycles. The molecule has 1 aromatic heterocycles. The molecule has 1 aliphatic rings. The Morgan fingerprint density at radius 2 is 2.10 bits per heavy atom. The van der Waals surface area contributed by atoms with Crippen molar-refractivity contribution < 1.29 is 19.5 Å². The van der Waals surface area contributed by atoms with Crippen molar-refractivity contribution in [3.8, 4) is 5.75 Å². The Balaban J connectivity index is 1.66. The Labute approximate surface area is 177 Å². The van der Waals surface area contributed by atoms with Crippen molar-refractivity contribution in [1.29, 1.82) is 0 Å². The lowest BCUT2D eigenvalue weighted by Crippen LogP contribution is -2.12. The van der Waals surface area contributed by atoms with E-state index in [4.69, 9.17) is 14.7 Å². The number of ether oxygens (including phenoxy) is 1. The molecule has 0 unspecified atom stereocenters. The van der Waals surface area contributed by atoms with Gasteiger partial charge in [0, 0.05) is 23.5 Å². The number of rotatable bonds is 11. The lowest BCUT2D eigenvalue weighted by atomic mass is 9.92. The van der Waals surface area contributed by atoms with Crippen LogP contribution in [0.2, 0.25) is 0 Å². The molecule has 0 spiro atoms. The second-order valence-electron chi connectivity index (χ2n) is 7.32. The highest BCUT2D eigenvalue weighted by atomic mass is 16.6. The number of carboxylic acids is 1. The molecule has 6 heteroatoms. The van der Waals surface area contributed by atoms with E-state index in [2.05, 4.69) is 23.1 Å². The van der Waals surface area contributed by atoms with Crippen molar-refractivity contribution in [2.24, 2.45) is 5.16 Å². The minimum atomic E-state index is -0.978. The van der Waals surface area contributed by atoms with Gasteiger partial charge in [-0.15, -0.1) is 0 Å². The normalized spacial score (nSPS) is 13.4. The molecule has 30 heavy (non-hydrogen) atoms. The van der Waals surface area contributed by atoms with Crippen LogP contribution in [0.3, 0.4) is 0 Å². The van der Waals surface area contributed by atoms with Gasteiger partial charge < -0.3 is 14.7 Å². The fourth-order valence-electron chi connectivity index (χ4n) is 3.46. The molecule has 158 valence electrons. The Hall–Kier alpha value is -3.15. The molecule has 0 atom stereocenters. The van der Waals surface area contributed by atoms with E-state index in [-0.39, 0.29) is 6.61 Å². The number of aliphatic carboxylic acids is 1. The predicted molar refractivity (Wildman–Crippen MR) is 117 cm³/mol. The number of pyridine rings is 1. The number of oxime groups is 1. The molecule has 0 radical (unpaired) electrons. The molecular formula is C24H28N2O4. The van der Waals surface area contributed by atoms with Gasteiger partial charge in [-0.1, -0.05) is 43.1 Å². The lowest BCUT2D eigenvalue weighted by molar-refractivity contribution is -0.139. The summed E-state index contributed by atoms with van der Waals surface area (Å²) in [7, 11) is 0. The fourth-order valence-corrected chi connectivity index (χ4v) is 3.46. The van der Waals surface area contributed by atoms with Gasteiger partial charge in [-0.3, -0.25) is 4.98 Å². The van der Waals surface area contributed by atoms with E-state index in [1.807, 2.05) is 36.5 Å². The molecule has 1 N–H and O–H groups in total. The summed E-state index contributed by atoms with van der Waals surface area (Å²) in [5, 5.41) is 13.3. The molecule has 1 heterocycles. The minimum absolute atomic E-state index is 0.333. The maximum absolute atomic E-state index is 10.8. The molecule has 3 rings (SSSR count). The highest BCUT2D eigenvalue weighted by molar-refractivity contribution is 5.99. The van der Waals surface area contributed by atoms with Gasteiger partial charge in [-0.05, 0) is 55.0 Å². The van der Waals surface area contributed by atoms with Crippen LogP contribution in [0.5, 0.6) is 5.75 Å². The van der Waals surface area contributed by atoms with Crippen LogP contribution < -0.4 is 4.74 Å². The fraction of sp³-hybridized carbons (Fsp3) is 0.375. The molecule has 0 aliphatic heterocycles. The highest BCUT2D eigenvalue weighted by Gasteiger charge is 2.16. The molecule has 0 amide bonds. The maximum atomic E-state index is 10.8. The van der Waals surface area contributed by atoms with Crippen LogP contribution in [0.1, 0.15) is 55.7 Å². The molecule has 0 saturated carbocycles. The summed E-state index contributed by atoms with van der Waals surface area (Å²) in [5.74, 6) is -0.340. The first kappa shape index (κ1) is 21.6. The van der Waals surface area contributed by atoms with E-state index in [9.17, 15) is 4.79 Å². The zero-order chi connectivity index (χ0) is 21.2. The third-order valence-corrected chi connectivity index (χ3v) is 5.01. The number of hydrogen-bond acceptors (Lipinski definition) is 5. The van der Waals surface area contributed by atoms with Crippen LogP contribution in [0.4, 0.5) is 0 Å². The quantitative estimate of drug-likeness (QED) is 0.326. The van der Waals surface area contributed by atoms with E-state index in [0.717, 1.165) is 66.5 Å². The van der Waals surface area contributed by atoms with E-state index in [0.29, 0.717) is 12.4 Å². The van der Waals surface area contributed by atoms with Gasteiger partial charge in [0.15, 0.2) is 6.61 Å². The van der Waals surface area contributed by atoms with E-state index >= 15 is 0 Å². The van der Waals surface area contributed by atoms with Crippen LogP contribution in [0.25, 0.3) is 6.08 Å². The number of hydrogen-bond donors (Lipinski definition) is 1. The zero-order valence-electron chi connectivity index (χ0n) is 17.3. The second kappa shape index (κ2) is 11.1. The average Bonchev–Trinajstić information content (AvgIpc) is 2.77. The first-order valence-corrected chi connectivity index (χ1v) is 10.4. The number of nitrogens with zero attached hydrogens (tertiary/aromatic N) is 2. The van der Waals surface area contributed by atoms with Crippen molar-refractivity contribution in [3.63, 3.8) is 0 Å². The number of unbranched alkanes of at least 4 members (excludes halogenated alkanes) is 2. The van der Waals surface area contributed by atoms with Crippen molar-refractivity contribution in [3.05, 3.63) is 65.0 Å². The third kappa shape index (κ3) is 6.17. The number of carbonyl (C=O) groups is 1. The predicted octanol–water partition coefficient (Wildman–Crippen LogP) is 4.88. The molecular weight excluding hydrogens is 380 g/mol. The summed E-state index contributed by atoms with van der Waals surface area (Å²) < 4.78 is 5.42. The highest BCUT2D eigenvalue weighted by Crippen LogP contribution is 2.31. The Bertz CT molecular complexity index is 907. The number of fused-ring (bicyclic) bond motifs is 1. The smallest absolute Gasteiger partial charge is 0.341 e. The number of benzene rings is 1. The summed E-state index contributed by atoms with van der Waals surface area (Å²) in [4.78, 5) is 20.7. The van der Waals surface area contributed by atoms with E-state index < -0.39 is 5.97 Å². The molecule has 1 aromatic carbocycles. The lowest BCUT2D eigenvalue weighted by Gasteiger charge is -2.19. The number of aromatic nitrogens is 1. The summed E-state index contributed by atoms with van der Waals surface area (Å²) in [6, 6.07) is 9.63. The van der Waals surface area contributed by atoms with Gasteiger partial charge >= 0.3 is 5.97 Å². The van der Waals surface area contributed by atoms with Gasteiger partial charge in [0.1, 0.15) is 12.4 Å². The molecule has 2 aromatic rings. The first-order valence-electron chi connectivity index (χ1n) is 10.4. The van der Waals surface area contributed by atoms with Crippen LogP contribution in [0, 0.1) is 0 Å². The topological polar surface area (TPSA) is 81.0 Å². The van der Waals surface area contributed by atoms with Crippen molar-refractivity contribution in [2.45, 2.75) is 45.4 Å². The summed E-state index contributed by atoms with van der Waals surface area (Å²) in [6.07, 6.45) is 11.5. The standard InChI is InChI=1S/C24H28N2O4/c1-2-3-4-9-22(20-8-6-13-25-15-20)26-30-16-18-11-12-21-19(14-18)7-5-10-23(21)29-17-24(27)28/h5-8,10,13-15H,2-4,9,11-12,16-17H2,1H3,(H,27,28)/b26-22-. The van der Waals surface area contributed by atoms with E-state index in [1.165, 1.54) is 0 Å². The van der Waals surface area contributed by atoms with Gasteiger partial charge in [0.05, 0.1) is 5.71 Å². The monoisotopic (exact) mass is 408 g/mol. The molecule has 0 fully saturated rings. The largest absolute Gasteiger partial charge is 0.482 e. The summed E-state index contributed by atoms with van der Waals surface area (Å²) >= 11 is 0. The second-order valence-corrected chi connectivity index (χ2v) is 7.32. The Morgan fingerprint density at radius 1 is 1.20 bits per heavy atom. The van der Waals surface area contributed by atoms with Crippen molar-refractivity contribution >= 4 is 17.8 Å². The first-order chi connectivity index (χ1) is 14.7. The maximum Gasteiger partial charge on any atom is 0.341 e. The van der Waals surface area contributed by atoms with Gasteiger partial charge in [0.25, 0.3) is 0 Å². The summed E-state index contributed by atoms with van der Waals surface area (Å²) in [6.45, 7) is 2.28. The minimum Gasteiger partial charge on any atom is -0.482 e. The SMILES string of the molecule is CCCCC/C(=N/OCC1=Cc2cccc(OCC(=O)O)c2CC1)c1cccnc1. The van der Waals surface area contributed by atoms with Gasteiger partial charge in [-0.2, -0.15) is 0 Å². The van der Waals surface area contributed by atoms with Crippen LogP contribution in [-0.4, -0.2) is 35.0 Å². The van der Waals surface area contributed by atoms with Gasteiger partial charge in [-0.25, -0.2) is 4.79 Å². The zero-order valence-corrected chi connectivity index (χ0v) is 17.3. The van der Waals surface area contributed by atoms with Crippen molar-refractivity contribution in [2.75, 3.05) is 13.2 Å².